The summed E-state index contributed by atoms with van der Waals surface area (Å²) in [5, 5.41) is 4.05. The first-order valence-corrected chi connectivity index (χ1v) is 17.6. The van der Waals surface area contributed by atoms with Crippen LogP contribution in [0.5, 0.6) is 0 Å². The summed E-state index contributed by atoms with van der Waals surface area (Å²) in [6.07, 6.45) is 5.46. The normalized spacial score (nSPS) is 28.8. The van der Waals surface area contributed by atoms with E-state index >= 15 is 0 Å². The van der Waals surface area contributed by atoms with Crippen LogP contribution in [0, 0.1) is 29.1 Å². The molecule has 0 spiro atoms. The van der Waals surface area contributed by atoms with Gasteiger partial charge >= 0.3 is 0 Å². The minimum atomic E-state index is -3.49. The number of halogens is 1. The van der Waals surface area contributed by atoms with E-state index in [-0.39, 0.29) is 24.2 Å². The van der Waals surface area contributed by atoms with Gasteiger partial charge in [-0.25, -0.2) is 8.42 Å². The number of carbonyl (C=O) groups is 1. The highest BCUT2D eigenvalue weighted by atomic mass is 35.5. The van der Waals surface area contributed by atoms with Gasteiger partial charge in [0.05, 0.1) is 5.75 Å². The summed E-state index contributed by atoms with van der Waals surface area (Å²) in [5.41, 5.74) is 3.72. The van der Waals surface area contributed by atoms with E-state index in [4.69, 9.17) is 11.6 Å². The fourth-order valence-electron chi connectivity index (χ4n) is 8.01. The van der Waals surface area contributed by atoms with Gasteiger partial charge < -0.3 is 10.2 Å². The molecule has 230 valence electrons. The van der Waals surface area contributed by atoms with E-state index in [2.05, 4.69) is 63.3 Å². The lowest BCUT2D eigenvalue weighted by molar-refractivity contribution is -0.136. The van der Waals surface area contributed by atoms with Gasteiger partial charge in [-0.3, -0.25) is 4.79 Å². The lowest BCUT2D eigenvalue weighted by atomic mass is 9.45. The number of fused-ring (bicyclic) bond motifs is 2. The zero-order valence-electron chi connectivity index (χ0n) is 25.9. The smallest absolute Gasteiger partial charge is 0.238 e. The molecule has 2 bridgehead atoms. The molecule has 1 unspecified atom stereocenters. The van der Waals surface area contributed by atoms with Crippen molar-refractivity contribution in [3.8, 4) is 0 Å². The van der Waals surface area contributed by atoms with Crippen molar-refractivity contribution in [3.05, 3.63) is 70.2 Å². The van der Waals surface area contributed by atoms with Crippen LogP contribution < -0.4 is 5.32 Å². The minimum absolute atomic E-state index is 0.0268. The summed E-state index contributed by atoms with van der Waals surface area (Å²) >= 11 is 6.23. The number of rotatable bonds is 11. The van der Waals surface area contributed by atoms with Gasteiger partial charge in [-0.2, -0.15) is 4.31 Å². The van der Waals surface area contributed by atoms with E-state index in [1.165, 1.54) is 21.9 Å². The molecule has 1 saturated heterocycles. The van der Waals surface area contributed by atoms with Crippen molar-refractivity contribution in [1.29, 1.82) is 0 Å². The zero-order chi connectivity index (χ0) is 30.2. The Morgan fingerprint density at radius 2 is 1.81 bits per heavy atom. The van der Waals surface area contributed by atoms with Crippen molar-refractivity contribution in [1.82, 2.24) is 14.5 Å². The molecule has 1 aliphatic heterocycles. The van der Waals surface area contributed by atoms with E-state index < -0.39 is 16.1 Å². The van der Waals surface area contributed by atoms with Crippen LogP contribution in [0.15, 0.2) is 48.5 Å². The van der Waals surface area contributed by atoms with Crippen LogP contribution in [-0.2, 0) is 34.2 Å². The largest absolute Gasteiger partial charge is 0.352 e. The van der Waals surface area contributed by atoms with Crippen LogP contribution in [0.2, 0.25) is 5.02 Å². The zero-order valence-corrected chi connectivity index (χ0v) is 27.4. The molecule has 8 heteroatoms. The van der Waals surface area contributed by atoms with Gasteiger partial charge in [-0.1, -0.05) is 68.8 Å². The monoisotopic (exact) mass is 613 g/mol. The molecule has 0 aromatic heterocycles. The fourth-order valence-corrected chi connectivity index (χ4v) is 9.91. The SMILES string of the molecule is C[C@@H]1[C@@H](NC(=O)C2CCS(=O)(=O)N2Cc2cccc(CC[C@@H](Cc3cccc(Cl)c3)CN(C)C)c2)C[C@H]2C[C@@H]1C2(C)C. The Bertz CT molecular complexity index is 1380. The molecule has 2 aromatic carbocycles. The summed E-state index contributed by atoms with van der Waals surface area (Å²) in [6.45, 7) is 8.16. The number of aryl methyl sites for hydroxylation is 1. The number of hydrogen-bond donors (Lipinski definition) is 1. The Labute approximate surface area is 258 Å². The van der Waals surface area contributed by atoms with Gasteiger partial charge in [0.15, 0.2) is 0 Å². The first-order chi connectivity index (χ1) is 19.8. The van der Waals surface area contributed by atoms with Gasteiger partial charge in [0, 0.05) is 24.2 Å². The van der Waals surface area contributed by atoms with Crippen LogP contribution >= 0.6 is 11.6 Å². The predicted molar refractivity (Wildman–Crippen MR) is 171 cm³/mol. The van der Waals surface area contributed by atoms with E-state index in [1.807, 2.05) is 30.3 Å². The van der Waals surface area contributed by atoms with Crippen molar-refractivity contribution in [3.63, 3.8) is 0 Å². The number of amides is 1. The number of hydrogen-bond acceptors (Lipinski definition) is 4. The summed E-state index contributed by atoms with van der Waals surface area (Å²) in [5.74, 6) is 2.03. The third-order valence-corrected chi connectivity index (χ3v) is 12.6. The second-order valence-corrected chi connectivity index (χ2v) is 16.5. The first-order valence-electron chi connectivity index (χ1n) is 15.6. The van der Waals surface area contributed by atoms with Gasteiger partial charge in [-0.05, 0) is 111 Å². The van der Waals surface area contributed by atoms with Crippen molar-refractivity contribution < 1.29 is 13.2 Å². The lowest BCUT2D eigenvalue weighted by Gasteiger charge is -2.62. The van der Waals surface area contributed by atoms with Gasteiger partial charge in [-0.15, -0.1) is 0 Å². The average Bonchev–Trinajstić information content (AvgIpc) is 3.21. The Kier molecular flexibility index (Phi) is 9.44. The number of nitrogens with one attached hydrogen (secondary N) is 1. The summed E-state index contributed by atoms with van der Waals surface area (Å²) in [6, 6.07) is 15.8. The highest BCUT2D eigenvalue weighted by molar-refractivity contribution is 7.89. The number of carbonyl (C=O) groups excluding carboxylic acids is 1. The molecule has 1 heterocycles. The molecule has 4 aliphatic rings. The van der Waals surface area contributed by atoms with Crippen LogP contribution in [0.25, 0.3) is 0 Å². The Balaban J connectivity index is 1.22. The summed E-state index contributed by atoms with van der Waals surface area (Å²) in [7, 11) is 0.720. The number of sulfonamides is 1. The maximum absolute atomic E-state index is 13.5. The van der Waals surface area contributed by atoms with Crippen molar-refractivity contribution in [2.24, 2.45) is 29.1 Å². The molecule has 6 atom stereocenters. The molecule has 0 radical (unpaired) electrons. The van der Waals surface area contributed by atoms with Crippen LogP contribution in [0.3, 0.4) is 0 Å². The summed E-state index contributed by atoms with van der Waals surface area (Å²) < 4.78 is 27.7. The van der Waals surface area contributed by atoms with E-state index in [9.17, 15) is 13.2 Å². The molecule has 1 N–H and O–H groups in total. The molecular weight excluding hydrogens is 566 g/mol. The number of nitrogens with zero attached hydrogens (tertiary/aromatic N) is 2. The molecule has 6 nitrogen and oxygen atoms in total. The average molecular weight is 614 g/mol. The van der Waals surface area contributed by atoms with Crippen LogP contribution in [0.1, 0.15) is 63.1 Å². The quantitative estimate of drug-likeness (QED) is 0.349. The third kappa shape index (κ3) is 6.90. The van der Waals surface area contributed by atoms with E-state index in [0.717, 1.165) is 42.8 Å². The van der Waals surface area contributed by atoms with Crippen molar-refractivity contribution in [2.75, 3.05) is 26.4 Å². The van der Waals surface area contributed by atoms with Crippen molar-refractivity contribution >= 4 is 27.5 Å². The van der Waals surface area contributed by atoms with Crippen molar-refractivity contribution in [2.45, 2.75) is 77.9 Å². The topological polar surface area (TPSA) is 69.7 Å². The molecule has 2 aromatic rings. The Hall–Kier alpha value is -1.93. The highest BCUT2D eigenvalue weighted by Gasteiger charge is 2.56. The second kappa shape index (κ2) is 12.6. The van der Waals surface area contributed by atoms with Gasteiger partial charge in [0.2, 0.25) is 15.9 Å². The molecule has 42 heavy (non-hydrogen) atoms. The van der Waals surface area contributed by atoms with Crippen LogP contribution in [0.4, 0.5) is 0 Å². The molecule has 6 rings (SSSR count). The Morgan fingerprint density at radius 3 is 2.50 bits per heavy atom. The molecule has 4 fully saturated rings. The van der Waals surface area contributed by atoms with E-state index in [0.29, 0.717) is 35.5 Å². The second-order valence-electron chi connectivity index (χ2n) is 14.1. The van der Waals surface area contributed by atoms with Gasteiger partial charge in [0.25, 0.3) is 0 Å². The van der Waals surface area contributed by atoms with Gasteiger partial charge in [0.1, 0.15) is 6.04 Å². The standard InChI is InChI=1S/C34H48ClN3O3S/c1-23-30-19-28(34(30,2)3)20-31(23)36-33(39)32-14-15-42(40,41)38(32)22-26-10-6-8-24(16-26)12-13-27(21-37(4)5)17-25-9-7-11-29(35)18-25/h6-11,16,18,23,27-28,30-32H,12-15,17,19-22H2,1-5H3,(H,36,39)/t23-,27-,28+,30-,31-,32?/m0/s1. The lowest BCUT2D eigenvalue weighted by Crippen LogP contribution is -2.61. The Morgan fingerprint density at radius 1 is 1.10 bits per heavy atom. The first kappa shape index (κ1) is 31.5. The summed E-state index contributed by atoms with van der Waals surface area (Å²) in [4.78, 5) is 15.7. The highest BCUT2D eigenvalue weighted by Crippen LogP contribution is 2.61. The molecule has 3 saturated carbocycles. The molecular formula is C34H48ClN3O3S. The van der Waals surface area contributed by atoms with E-state index in [1.54, 1.807) is 0 Å². The third-order valence-electron chi connectivity index (χ3n) is 10.5. The number of benzene rings is 2. The molecule has 1 amide bonds. The van der Waals surface area contributed by atoms with Crippen LogP contribution in [-0.4, -0.2) is 62.0 Å². The maximum atomic E-state index is 13.5. The predicted octanol–water partition coefficient (Wildman–Crippen LogP) is 5.78. The molecule has 3 aliphatic carbocycles. The fraction of sp³-hybridized carbons (Fsp3) is 0.618. The minimum Gasteiger partial charge on any atom is -0.352 e. The maximum Gasteiger partial charge on any atom is 0.238 e.